The van der Waals surface area contributed by atoms with Gasteiger partial charge in [0.2, 0.25) is 0 Å². The van der Waals surface area contributed by atoms with E-state index in [2.05, 4.69) is 0 Å². The zero-order valence-electron chi connectivity index (χ0n) is 10.2. The van der Waals surface area contributed by atoms with Crippen LogP contribution in [0.2, 0.25) is 0 Å². The lowest BCUT2D eigenvalue weighted by Gasteiger charge is -2.28. The monoisotopic (exact) mass is 262 g/mol. The average molecular weight is 262 g/mol. The van der Waals surface area contributed by atoms with Gasteiger partial charge in [0, 0.05) is 0 Å². The van der Waals surface area contributed by atoms with Gasteiger partial charge in [0.1, 0.15) is 23.2 Å². The summed E-state index contributed by atoms with van der Waals surface area (Å²) in [6.45, 7) is 1.29. The third-order valence-electron chi connectivity index (χ3n) is 3.07. The summed E-state index contributed by atoms with van der Waals surface area (Å²) in [6, 6.07) is 5.98. The van der Waals surface area contributed by atoms with E-state index in [1.54, 1.807) is 12.1 Å². The minimum Gasteiger partial charge on any atom is -0.507 e. The molecule has 2 rings (SSSR count). The lowest BCUT2D eigenvalue weighted by Crippen LogP contribution is -2.46. The number of aromatic hydroxyl groups is 1. The molecular weight excluding hydrogens is 248 g/mol. The van der Waals surface area contributed by atoms with Crippen molar-refractivity contribution in [2.75, 3.05) is 0 Å². The number of aliphatic hydroxyl groups excluding tert-OH is 2. The molecule has 19 heavy (non-hydrogen) atoms. The second-order valence-corrected chi connectivity index (χ2v) is 4.61. The van der Waals surface area contributed by atoms with Gasteiger partial charge < -0.3 is 20.4 Å². The second kappa shape index (κ2) is 4.53. The summed E-state index contributed by atoms with van der Waals surface area (Å²) in [7, 11) is 0. The van der Waals surface area contributed by atoms with E-state index in [0.29, 0.717) is 0 Å². The molecule has 1 aromatic carbocycles. The molecule has 100 valence electrons. The highest BCUT2D eigenvalue weighted by Gasteiger charge is 2.39. The van der Waals surface area contributed by atoms with E-state index in [1.165, 1.54) is 31.2 Å². The highest BCUT2D eigenvalue weighted by molar-refractivity contribution is 6.08. The lowest BCUT2D eigenvalue weighted by atomic mass is 9.85. The number of aliphatic hydroxyl groups is 3. The zero-order chi connectivity index (χ0) is 14.2. The van der Waals surface area contributed by atoms with Crippen LogP contribution in [0.3, 0.4) is 0 Å². The summed E-state index contributed by atoms with van der Waals surface area (Å²) in [6.07, 6.45) is 0.807. The molecule has 0 aromatic heterocycles. The molecule has 0 saturated heterocycles. The van der Waals surface area contributed by atoms with Gasteiger partial charge >= 0.3 is 0 Å². The van der Waals surface area contributed by atoms with E-state index in [9.17, 15) is 25.2 Å². The molecule has 0 heterocycles. The standard InChI is InChI=1S/C14H14O5/c1-14(19)7-6-9(12(17)13(14)18)11(16)8-4-2-3-5-10(8)15/h2-7,13,15-16,18-19H,1H3. The maximum Gasteiger partial charge on any atom is 0.198 e. The Labute approximate surface area is 109 Å². The maximum atomic E-state index is 11.9. The number of hydrogen-bond acceptors (Lipinski definition) is 5. The van der Waals surface area contributed by atoms with Gasteiger partial charge in [-0.25, -0.2) is 0 Å². The fraction of sp³-hybridized carbons (Fsp3) is 0.214. The van der Waals surface area contributed by atoms with Crippen molar-refractivity contribution in [3.8, 4) is 5.75 Å². The molecule has 0 amide bonds. The van der Waals surface area contributed by atoms with Crippen molar-refractivity contribution in [1.29, 1.82) is 0 Å². The molecule has 2 atom stereocenters. The summed E-state index contributed by atoms with van der Waals surface area (Å²) in [4.78, 5) is 11.9. The van der Waals surface area contributed by atoms with Crippen LogP contribution in [-0.2, 0) is 4.79 Å². The summed E-state index contributed by atoms with van der Waals surface area (Å²) in [5, 5.41) is 39.1. The number of phenolic OH excluding ortho intramolecular Hbond substituents is 1. The number of hydrogen-bond donors (Lipinski definition) is 4. The number of ketones is 1. The van der Waals surface area contributed by atoms with Crippen LogP contribution in [0, 0.1) is 0 Å². The highest BCUT2D eigenvalue weighted by Crippen LogP contribution is 2.30. The molecule has 0 fully saturated rings. The highest BCUT2D eigenvalue weighted by atomic mass is 16.3. The minimum absolute atomic E-state index is 0.0873. The molecule has 0 spiro atoms. The van der Waals surface area contributed by atoms with Crippen LogP contribution in [0.5, 0.6) is 5.75 Å². The van der Waals surface area contributed by atoms with Crippen LogP contribution in [0.4, 0.5) is 0 Å². The third kappa shape index (κ3) is 2.25. The van der Waals surface area contributed by atoms with Gasteiger partial charge in [0.25, 0.3) is 0 Å². The Morgan fingerprint density at radius 1 is 1.32 bits per heavy atom. The Morgan fingerprint density at radius 3 is 2.58 bits per heavy atom. The summed E-state index contributed by atoms with van der Waals surface area (Å²) >= 11 is 0. The molecule has 0 bridgehead atoms. The molecule has 1 aliphatic rings. The normalized spacial score (nSPS) is 29.4. The maximum absolute atomic E-state index is 11.9. The minimum atomic E-state index is -1.67. The molecular formula is C14H14O5. The van der Waals surface area contributed by atoms with E-state index in [1.807, 2.05) is 0 Å². The second-order valence-electron chi connectivity index (χ2n) is 4.61. The zero-order valence-corrected chi connectivity index (χ0v) is 10.2. The van der Waals surface area contributed by atoms with Crippen molar-refractivity contribution in [3.05, 3.63) is 47.6 Å². The first kappa shape index (κ1) is 13.3. The molecule has 1 aliphatic carbocycles. The van der Waals surface area contributed by atoms with Crippen LogP contribution in [0.1, 0.15) is 12.5 Å². The first-order valence-electron chi connectivity index (χ1n) is 5.70. The van der Waals surface area contributed by atoms with E-state index in [-0.39, 0.29) is 16.9 Å². The Hall–Kier alpha value is -2.11. The number of carbonyl (C=O) groups excluding carboxylic acids is 1. The van der Waals surface area contributed by atoms with Crippen molar-refractivity contribution in [1.82, 2.24) is 0 Å². The van der Waals surface area contributed by atoms with Crippen molar-refractivity contribution in [2.24, 2.45) is 0 Å². The van der Waals surface area contributed by atoms with E-state index in [4.69, 9.17) is 0 Å². The first-order chi connectivity index (χ1) is 8.84. The number of benzene rings is 1. The van der Waals surface area contributed by atoms with Crippen LogP contribution < -0.4 is 0 Å². The first-order valence-corrected chi connectivity index (χ1v) is 5.70. The molecule has 2 unspecified atom stereocenters. The molecule has 0 aliphatic heterocycles. The molecule has 5 heteroatoms. The van der Waals surface area contributed by atoms with Crippen molar-refractivity contribution < 1.29 is 25.2 Å². The quantitative estimate of drug-likeness (QED) is 0.445. The Bertz CT molecular complexity index is 583. The predicted octanol–water partition coefficient (Wildman–Crippen LogP) is 0.912. The van der Waals surface area contributed by atoms with E-state index in [0.717, 1.165) is 0 Å². The average Bonchev–Trinajstić information content (AvgIpc) is 2.36. The lowest BCUT2D eigenvalue weighted by molar-refractivity contribution is -0.133. The van der Waals surface area contributed by atoms with Gasteiger partial charge in [-0.05, 0) is 31.2 Å². The van der Waals surface area contributed by atoms with E-state index < -0.39 is 23.2 Å². The number of Topliss-reactive ketones (excluding diaryl/α,β-unsaturated/α-hetero) is 1. The number of rotatable bonds is 1. The summed E-state index contributed by atoms with van der Waals surface area (Å²) < 4.78 is 0. The molecule has 5 nitrogen and oxygen atoms in total. The molecule has 4 N–H and O–H groups in total. The third-order valence-corrected chi connectivity index (χ3v) is 3.07. The largest absolute Gasteiger partial charge is 0.507 e. The van der Waals surface area contributed by atoms with E-state index >= 15 is 0 Å². The predicted molar refractivity (Wildman–Crippen MR) is 68.4 cm³/mol. The van der Waals surface area contributed by atoms with Crippen LogP contribution >= 0.6 is 0 Å². The van der Waals surface area contributed by atoms with Gasteiger partial charge in [-0.3, -0.25) is 4.79 Å². The number of allylic oxidation sites excluding steroid dienone is 1. The Balaban J connectivity index is 2.55. The van der Waals surface area contributed by atoms with Crippen molar-refractivity contribution >= 4 is 11.5 Å². The van der Waals surface area contributed by atoms with Crippen molar-refractivity contribution in [2.45, 2.75) is 18.6 Å². The van der Waals surface area contributed by atoms with Gasteiger partial charge in [-0.1, -0.05) is 12.1 Å². The number of phenols is 1. The fourth-order valence-corrected chi connectivity index (χ4v) is 1.85. The van der Waals surface area contributed by atoms with Crippen LogP contribution in [0.15, 0.2) is 42.0 Å². The molecule has 0 saturated carbocycles. The van der Waals surface area contributed by atoms with Crippen LogP contribution in [-0.4, -0.2) is 37.9 Å². The van der Waals surface area contributed by atoms with Crippen molar-refractivity contribution in [3.63, 3.8) is 0 Å². The SMILES string of the molecule is CC1(O)C=CC(=C(O)c2ccccc2O)C(=O)C1O. The Morgan fingerprint density at radius 2 is 1.95 bits per heavy atom. The number of para-hydroxylation sites is 1. The molecule has 1 aromatic rings. The Kier molecular flexibility index (Phi) is 3.18. The topological polar surface area (TPSA) is 98.0 Å². The van der Waals surface area contributed by atoms with Gasteiger partial charge in [0.05, 0.1) is 11.1 Å². The van der Waals surface area contributed by atoms with Gasteiger partial charge in [-0.15, -0.1) is 0 Å². The summed E-state index contributed by atoms with van der Waals surface area (Å²) in [5.41, 5.74) is -1.73. The van der Waals surface area contributed by atoms with Gasteiger partial charge in [-0.2, -0.15) is 0 Å². The summed E-state index contributed by atoms with van der Waals surface area (Å²) in [5.74, 6) is -1.41. The smallest absolute Gasteiger partial charge is 0.198 e. The van der Waals surface area contributed by atoms with Gasteiger partial charge in [0.15, 0.2) is 5.78 Å². The van der Waals surface area contributed by atoms with Crippen LogP contribution in [0.25, 0.3) is 5.76 Å². The fourth-order valence-electron chi connectivity index (χ4n) is 1.85. The molecule has 0 radical (unpaired) electrons. The number of carbonyl (C=O) groups is 1.